The summed E-state index contributed by atoms with van der Waals surface area (Å²) < 4.78 is 40.9. The van der Waals surface area contributed by atoms with Gasteiger partial charge < -0.3 is 28.6 Å². The van der Waals surface area contributed by atoms with Gasteiger partial charge in [0.25, 0.3) is 5.91 Å². The zero-order valence-corrected chi connectivity index (χ0v) is 24.5. The summed E-state index contributed by atoms with van der Waals surface area (Å²) in [7, 11) is 5.28. The van der Waals surface area contributed by atoms with Crippen LogP contribution in [0.4, 0.5) is 14.5 Å². The van der Waals surface area contributed by atoms with Crippen LogP contribution >= 0.6 is 0 Å². The quantitative estimate of drug-likeness (QED) is 0.224. The Balaban J connectivity index is 0.00000106. The van der Waals surface area contributed by atoms with Crippen molar-refractivity contribution >= 4 is 47.2 Å². The fraction of sp³-hybridized carbons (Fsp3) is 0.118. The summed E-state index contributed by atoms with van der Waals surface area (Å²) in [5.41, 5.74) is 6.17. The van der Waals surface area contributed by atoms with Gasteiger partial charge in [-0.1, -0.05) is 6.07 Å². The molecule has 224 valence electrons. The standard InChI is InChI=1S/C32H25F2N3O3.2CH2O/c1-17-5-10-25-28(11-17)40-32(36-25)20-12-19(13-22(34)14-20)23-15-24-27(16-26(23)37(3)4)39-30(29(24)31(38)35-2)18-6-8-21(33)9-7-18;2*1-2/h5-16H,1-4H3,(H,35,38);2*1H2. The highest BCUT2D eigenvalue weighted by Crippen LogP contribution is 2.41. The first-order chi connectivity index (χ1) is 21.2. The maximum Gasteiger partial charge on any atom is 0.255 e. The van der Waals surface area contributed by atoms with Crippen LogP contribution in [0.3, 0.4) is 0 Å². The lowest BCUT2D eigenvalue weighted by molar-refractivity contribution is -0.0987. The van der Waals surface area contributed by atoms with Crippen LogP contribution in [0.5, 0.6) is 0 Å². The number of hydrogen-bond donors (Lipinski definition) is 1. The number of hydrogen-bond acceptors (Lipinski definition) is 7. The minimum atomic E-state index is -0.457. The Morgan fingerprint density at radius 3 is 2.14 bits per heavy atom. The van der Waals surface area contributed by atoms with Crippen LogP contribution in [0, 0.1) is 18.6 Å². The number of halogens is 2. The molecule has 0 aliphatic rings. The third-order valence-corrected chi connectivity index (χ3v) is 6.85. The van der Waals surface area contributed by atoms with Gasteiger partial charge in [-0.15, -0.1) is 0 Å². The Kier molecular flexibility index (Phi) is 9.33. The van der Waals surface area contributed by atoms with E-state index in [-0.39, 0.29) is 5.91 Å². The highest BCUT2D eigenvalue weighted by atomic mass is 19.1. The molecule has 0 saturated heterocycles. The zero-order valence-electron chi connectivity index (χ0n) is 24.5. The maximum atomic E-state index is 15.1. The number of furan rings is 1. The second-order valence-electron chi connectivity index (χ2n) is 9.87. The number of aryl methyl sites for hydroxylation is 1. The van der Waals surface area contributed by atoms with Crippen molar-refractivity contribution in [2.45, 2.75) is 6.92 Å². The largest absolute Gasteiger partial charge is 0.455 e. The van der Waals surface area contributed by atoms with Crippen molar-refractivity contribution in [3.05, 3.63) is 95.6 Å². The van der Waals surface area contributed by atoms with Crippen molar-refractivity contribution in [3.8, 4) is 33.9 Å². The minimum Gasteiger partial charge on any atom is -0.455 e. The number of fused-ring (bicyclic) bond motifs is 2. The molecule has 0 aliphatic carbocycles. The van der Waals surface area contributed by atoms with Gasteiger partial charge in [-0.3, -0.25) is 4.79 Å². The number of amides is 1. The van der Waals surface area contributed by atoms with Gasteiger partial charge in [-0.2, -0.15) is 0 Å². The van der Waals surface area contributed by atoms with E-state index in [9.17, 15) is 9.18 Å². The summed E-state index contributed by atoms with van der Waals surface area (Å²) in [6.07, 6.45) is 0. The van der Waals surface area contributed by atoms with Crippen LogP contribution in [0.25, 0.3) is 56.0 Å². The molecule has 0 saturated carbocycles. The molecule has 2 heterocycles. The normalized spacial score (nSPS) is 10.5. The van der Waals surface area contributed by atoms with E-state index in [1.54, 1.807) is 12.1 Å². The Bertz CT molecular complexity index is 1960. The van der Waals surface area contributed by atoms with Crippen molar-refractivity contribution < 1.29 is 32.0 Å². The first-order valence-corrected chi connectivity index (χ1v) is 13.2. The highest BCUT2D eigenvalue weighted by Gasteiger charge is 2.24. The van der Waals surface area contributed by atoms with Gasteiger partial charge in [0.1, 0.15) is 42.1 Å². The van der Waals surface area contributed by atoms with Gasteiger partial charge in [0, 0.05) is 55.0 Å². The summed E-state index contributed by atoms with van der Waals surface area (Å²) in [4.78, 5) is 35.5. The summed E-state index contributed by atoms with van der Waals surface area (Å²) in [6.45, 7) is 5.96. The summed E-state index contributed by atoms with van der Waals surface area (Å²) in [5.74, 6) is -0.584. The number of rotatable bonds is 5. The molecule has 0 fully saturated rings. The number of oxazole rings is 1. The fourth-order valence-electron chi connectivity index (χ4n) is 4.91. The second-order valence-corrected chi connectivity index (χ2v) is 9.87. The molecule has 0 radical (unpaired) electrons. The minimum absolute atomic E-state index is 0.307. The number of anilines is 1. The van der Waals surface area contributed by atoms with Gasteiger partial charge in [0.05, 0.1) is 5.56 Å². The molecule has 2 aromatic heterocycles. The summed E-state index contributed by atoms with van der Waals surface area (Å²) in [6, 6.07) is 19.7. The number of carbonyl (C=O) groups is 3. The average molecular weight is 598 g/mol. The molecule has 0 unspecified atom stereocenters. The van der Waals surface area contributed by atoms with Crippen molar-refractivity contribution in [1.29, 1.82) is 0 Å². The van der Waals surface area contributed by atoms with Crippen molar-refractivity contribution in [1.82, 2.24) is 10.3 Å². The molecule has 0 spiro atoms. The first-order valence-electron chi connectivity index (χ1n) is 13.2. The Morgan fingerprint density at radius 2 is 1.48 bits per heavy atom. The molecule has 0 atom stereocenters. The van der Waals surface area contributed by atoms with Gasteiger partial charge >= 0.3 is 0 Å². The molecule has 1 amide bonds. The summed E-state index contributed by atoms with van der Waals surface area (Å²) in [5, 5.41) is 3.21. The molecule has 8 nitrogen and oxygen atoms in total. The number of benzene rings is 4. The molecule has 6 aromatic rings. The van der Waals surface area contributed by atoms with Crippen molar-refractivity contribution in [3.63, 3.8) is 0 Å². The van der Waals surface area contributed by atoms with Crippen LogP contribution in [0.1, 0.15) is 15.9 Å². The third-order valence-electron chi connectivity index (χ3n) is 6.85. The van der Waals surface area contributed by atoms with E-state index in [4.69, 9.17) is 18.4 Å². The number of nitrogens with zero attached hydrogens (tertiary/aromatic N) is 2. The fourth-order valence-corrected chi connectivity index (χ4v) is 4.91. The lowest BCUT2D eigenvalue weighted by Gasteiger charge is -2.18. The van der Waals surface area contributed by atoms with E-state index >= 15 is 4.39 Å². The molecule has 0 bridgehead atoms. The van der Waals surface area contributed by atoms with Gasteiger partial charge in [-0.05, 0) is 78.7 Å². The van der Waals surface area contributed by atoms with Gasteiger partial charge in [-0.25, -0.2) is 13.8 Å². The molecule has 10 heteroatoms. The monoisotopic (exact) mass is 597 g/mol. The van der Waals surface area contributed by atoms with E-state index < -0.39 is 11.6 Å². The van der Waals surface area contributed by atoms with Crippen LogP contribution in [0.15, 0.2) is 81.6 Å². The Labute approximate surface area is 251 Å². The molecule has 0 aliphatic heterocycles. The lowest BCUT2D eigenvalue weighted by Crippen LogP contribution is -2.18. The van der Waals surface area contributed by atoms with Crippen LogP contribution in [-0.4, -0.2) is 45.6 Å². The number of aromatic nitrogens is 1. The molecule has 4 aromatic carbocycles. The van der Waals surface area contributed by atoms with Crippen LogP contribution in [0.2, 0.25) is 0 Å². The van der Waals surface area contributed by atoms with Crippen molar-refractivity contribution in [2.24, 2.45) is 0 Å². The average Bonchev–Trinajstić information content (AvgIpc) is 3.63. The Morgan fingerprint density at radius 1 is 0.795 bits per heavy atom. The van der Waals surface area contributed by atoms with Gasteiger partial charge in [0.15, 0.2) is 5.58 Å². The molecule has 44 heavy (non-hydrogen) atoms. The predicted molar refractivity (Wildman–Crippen MR) is 167 cm³/mol. The summed E-state index contributed by atoms with van der Waals surface area (Å²) >= 11 is 0. The second kappa shape index (κ2) is 13.1. The van der Waals surface area contributed by atoms with E-state index in [0.29, 0.717) is 61.5 Å². The topological polar surface area (TPSA) is 106 Å². The van der Waals surface area contributed by atoms with E-state index in [2.05, 4.69) is 10.3 Å². The van der Waals surface area contributed by atoms with Crippen molar-refractivity contribution in [2.75, 3.05) is 26.0 Å². The highest BCUT2D eigenvalue weighted by molar-refractivity contribution is 6.13. The number of carbonyl (C=O) groups excluding carboxylic acids is 3. The molecule has 6 rings (SSSR count). The van der Waals surface area contributed by atoms with Crippen LogP contribution < -0.4 is 10.2 Å². The van der Waals surface area contributed by atoms with E-state index in [1.165, 1.54) is 31.3 Å². The van der Waals surface area contributed by atoms with Crippen LogP contribution in [-0.2, 0) is 9.59 Å². The first kappa shape index (κ1) is 31.3. The Hall–Kier alpha value is -5.64. The molecular weight excluding hydrogens is 568 g/mol. The third kappa shape index (κ3) is 5.96. The van der Waals surface area contributed by atoms with E-state index in [0.717, 1.165) is 11.3 Å². The predicted octanol–water partition coefficient (Wildman–Crippen LogP) is 7.22. The van der Waals surface area contributed by atoms with Gasteiger partial charge in [0.2, 0.25) is 5.89 Å². The maximum absolute atomic E-state index is 15.1. The smallest absolute Gasteiger partial charge is 0.255 e. The van der Waals surface area contributed by atoms with E-state index in [1.807, 2.05) is 75.9 Å². The zero-order chi connectivity index (χ0) is 32.1. The molecule has 1 N–H and O–H groups in total. The lowest BCUT2D eigenvalue weighted by atomic mass is 9.96. The molecular formula is C34H29F2N3O5. The SMILES string of the molecule is C=O.C=O.CNC(=O)c1c(-c2ccc(F)cc2)oc2cc(N(C)C)c(-c3cc(F)cc(-c4nc5ccc(C)cc5o4)c3)cc12. The number of nitrogens with one attached hydrogen (secondary N) is 1.